The van der Waals surface area contributed by atoms with Gasteiger partial charge in [-0.1, -0.05) is 36.4 Å². The Bertz CT molecular complexity index is 652. The molecule has 108 valence electrons. The van der Waals surface area contributed by atoms with Gasteiger partial charge in [-0.3, -0.25) is 4.79 Å². The molecule has 0 heterocycles. The average Bonchev–Trinajstić information content (AvgIpc) is 3.26. The number of nitrogens with two attached hydrogens (primary N) is 1. The third-order valence-electron chi connectivity index (χ3n) is 4.20. The molecule has 3 nitrogen and oxygen atoms in total. The summed E-state index contributed by atoms with van der Waals surface area (Å²) in [4.78, 5) is 11.1. The maximum atomic E-state index is 11.1. The summed E-state index contributed by atoms with van der Waals surface area (Å²) in [5, 5.41) is 3.59. The number of hydrogen-bond acceptors (Lipinski definition) is 2. The Hall–Kier alpha value is -2.13. The molecular weight excluding hydrogens is 260 g/mol. The molecule has 3 rings (SSSR count). The van der Waals surface area contributed by atoms with Crippen LogP contribution in [0.4, 0.5) is 0 Å². The van der Waals surface area contributed by atoms with Crippen molar-refractivity contribution in [3.05, 3.63) is 70.8 Å². The fourth-order valence-electron chi connectivity index (χ4n) is 2.78. The van der Waals surface area contributed by atoms with Crippen LogP contribution in [-0.4, -0.2) is 11.9 Å². The highest BCUT2D eigenvalue weighted by atomic mass is 16.1. The van der Waals surface area contributed by atoms with E-state index in [0.717, 1.165) is 12.1 Å². The van der Waals surface area contributed by atoms with E-state index in [-0.39, 0.29) is 5.91 Å². The lowest BCUT2D eigenvalue weighted by atomic mass is 10.0. The van der Waals surface area contributed by atoms with Gasteiger partial charge in [-0.05, 0) is 42.2 Å². The summed E-state index contributed by atoms with van der Waals surface area (Å²) < 4.78 is 0. The van der Waals surface area contributed by atoms with Gasteiger partial charge in [0.25, 0.3) is 0 Å². The number of carbonyl (C=O) groups is 1. The van der Waals surface area contributed by atoms with Crippen molar-refractivity contribution in [3.63, 3.8) is 0 Å². The first-order valence-electron chi connectivity index (χ1n) is 7.33. The van der Waals surface area contributed by atoms with Crippen molar-refractivity contribution in [1.29, 1.82) is 0 Å². The number of rotatable bonds is 5. The van der Waals surface area contributed by atoms with Gasteiger partial charge in [-0.25, -0.2) is 0 Å². The van der Waals surface area contributed by atoms with Gasteiger partial charge in [0.15, 0.2) is 0 Å². The van der Waals surface area contributed by atoms with Crippen LogP contribution in [0, 0.1) is 6.92 Å². The lowest BCUT2D eigenvalue weighted by Crippen LogP contribution is -2.18. The van der Waals surface area contributed by atoms with E-state index in [1.807, 2.05) is 19.1 Å². The highest BCUT2D eigenvalue weighted by Crippen LogP contribution is 2.40. The summed E-state index contributed by atoms with van der Waals surface area (Å²) in [5.41, 5.74) is 9.61. The molecule has 0 saturated heterocycles. The summed E-state index contributed by atoms with van der Waals surface area (Å²) in [6, 6.07) is 16.8. The minimum atomic E-state index is -0.371. The number of carbonyl (C=O) groups excluding carboxylic acids is 1. The largest absolute Gasteiger partial charge is 0.366 e. The molecule has 0 radical (unpaired) electrons. The number of aryl methyl sites for hydroxylation is 1. The second kappa shape index (κ2) is 5.70. The first-order valence-corrected chi connectivity index (χ1v) is 7.33. The molecule has 0 bridgehead atoms. The molecule has 21 heavy (non-hydrogen) atoms. The summed E-state index contributed by atoms with van der Waals surface area (Å²) in [6.45, 7) is 2.85. The van der Waals surface area contributed by atoms with Crippen molar-refractivity contribution < 1.29 is 4.79 Å². The molecule has 3 N–H and O–H groups in total. The van der Waals surface area contributed by atoms with Gasteiger partial charge in [0.2, 0.25) is 5.91 Å². The number of benzene rings is 2. The van der Waals surface area contributed by atoms with Crippen LogP contribution in [0.15, 0.2) is 48.5 Å². The van der Waals surface area contributed by atoms with Crippen molar-refractivity contribution in [1.82, 2.24) is 5.32 Å². The fourth-order valence-corrected chi connectivity index (χ4v) is 2.78. The quantitative estimate of drug-likeness (QED) is 0.885. The van der Waals surface area contributed by atoms with Gasteiger partial charge < -0.3 is 11.1 Å². The van der Waals surface area contributed by atoms with E-state index in [1.165, 1.54) is 17.5 Å². The average molecular weight is 280 g/mol. The third-order valence-corrected chi connectivity index (χ3v) is 4.20. The zero-order valence-electron chi connectivity index (χ0n) is 12.2. The molecule has 0 spiro atoms. The van der Waals surface area contributed by atoms with E-state index in [2.05, 4.69) is 35.6 Å². The molecule has 1 amide bonds. The number of nitrogens with one attached hydrogen (secondary N) is 1. The van der Waals surface area contributed by atoms with Crippen LogP contribution >= 0.6 is 0 Å². The van der Waals surface area contributed by atoms with Gasteiger partial charge in [0, 0.05) is 24.1 Å². The third kappa shape index (κ3) is 3.14. The summed E-state index contributed by atoms with van der Waals surface area (Å²) >= 11 is 0. The van der Waals surface area contributed by atoms with Crippen LogP contribution in [0.2, 0.25) is 0 Å². The van der Waals surface area contributed by atoms with E-state index in [4.69, 9.17) is 5.73 Å². The Morgan fingerprint density at radius 2 is 2.00 bits per heavy atom. The Morgan fingerprint density at radius 3 is 2.67 bits per heavy atom. The van der Waals surface area contributed by atoms with Crippen molar-refractivity contribution in [2.45, 2.75) is 31.8 Å². The van der Waals surface area contributed by atoms with Crippen molar-refractivity contribution >= 4 is 5.91 Å². The lowest BCUT2D eigenvalue weighted by Gasteiger charge is -2.09. The molecule has 2 aromatic carbocycles. The van der Waals surface area contributed by atoms with Gasteiger partial charge in [-0.2, -0.15) is 0 Å². The first kappa shape index (κ1) is 13.8. The monoisotopic (exact) mass is 280 g/mol. The zero-order chi connectivity index (χ0) is 14.8. The van der Waals surface area contributed by atoms with E-state index in [9.17, 15) is 4.79 Å². The smallest absolute Gasteiger partial charge is 0.248 e. The highest BCUT2D eigenvalue weighted by Gasteiger charge is 2.37. The Morgan fingerprint density at radius 1 is 1.24 bits per heavy atom. The summed E-state index contributed by atoms with van der Waals surface area (Å²) in [6.07, 6.45) is 1.20. The summed E-state index contributed by atoms with van der Waals surface area (Å²) in [7, 11) is 0. The highest BCUT2D eigenvalue weighted by molar-refractivity contribution is 5.93. The fraction of sp³-hybridized carbons (Fsp3) is 0.278. The minimum Gasteiger partial charge on any atom is -0.366 e. The molecule has 3 heteroatoms. The lowest BCUT2D eigenvalue weighted by molar-refractivity contribution is 0.1000. The molecule has 0 aromatic heterocycles. The number of amides is 1. The Balaban J connectivity index is 1.58. The van der Waals surface area contributed by atoms with E-state index in [1.54, 1.807) is 6.07 Å². The second-order valence-corrected chi connectivity index (χ2v) is 5.75. The molecular formula is C18H20N2O. The Kier molecular flexibility index (Phi) is 3.76. The molecule has 1 aliphatic rings. The van der Waals surface area contributed by atoms with Gasteiger partial charge in [0.1, 0.15) is 0 Å². The van der Waals surface area contributed by atoms with Crippen LogP contribution in [0.5, 0.6) is 0 Å². The Labute approximate surface area is 125 Å². The minimum absolute atomic E-state index is 0.371. The zero-order valence-corrected chi connectivity index (χ0v) is 12.2. The van der Waals surface area contributed by atoms with Gasteiger partial charge in [-0.15, -0.1) is 0 Å². The topological polar surface area (TPSA) is 55.1 Å². The normalized spacial score (nSPS) is 20.2. The van der Waals surface area contributed by atoms with Gasteiger partial charge in [0.05, 0.1) is 0 Å². The van der Waals surface area contributed by atoms with Gasteiger partial charge >= 0.3 is 0 Å². The van der Waals surface area contributed by atoms with Crippen molar-refractivity contribution in [2.75, 3.05) is 0 Å². The molecule has 2 aromatic rings. The molecule has 0 aliphatic heterocycles. The number of hydrogen-bond donors (Lipinski definition) is 2. The molecule has 2 atom stereocenters. The van der Waals surface area contributed by atoms with Crippen LogP contribution in [0.1, 0.15) is 39.4 Å². The predicted molar refractivity (Wildman–Crippen MR) is 84.1 cm³/mol. The van der Waals surface area contributed by atoms with Crippen molar-refractivity contribution in [3.8, 4) is 0 Å². The standard InChI is InChI=1S/C18H20N2O/c1-12-9-14(18(19)21)7-8-15(12)11-20-17-10-16(17)13-5-3-2-4-6-13/h2-9,16-17,20H,10-11H2,1H3,(H2,19,21). The first-order chi connectivity index (χ1) is 10.1. The number of primary amides is 1. The molecule has 2 unspecified atom stereocenters. The van der Waals surface area contributed by atoms with Crippen LogP contribution < -0.4 is 11.1 Å². The SMILES string of the molecule is Cc1cc(C(N)=O)ccc1CNC1CC1c1ccccc1. The summed E-state index contributed by atoms with van der Waals surface area (Å²) in [5.74, 6) is 0.264. The van der Waals surface area contributed by atoms with E-state index >= 15 is 0 Å². The van der Waals surface area contributed by atoms with Crippen LogP contribution in [0.25, 0.3) is 0 Å². The van der Waals surface area contributed by atoms with Crippen LogP contribution in [-0.2, 0) is 6.54 Å². The maximum Gasteiger partial charge on any atom is 0.248 e. The van der Waals surface area contributed by atoms with E-state index in [0.29, 0.717) is 17.5 Å². The van der Waals surface area contributed by atoms with E-state index < -0.39 is 0 Å². The predicted octanol–water partition coefficient (Wildman–Crippen LogP) is 2.74. The van der Waals surface area contributed by atoms with Crippen LogP contribution in [0.3, 0.4) is 0 Å². The second-order valence-electron chi connectivity index (χ2n) is 5.75. The maximum absolute atomic E-state index is 11.1. The molecule has 1 saturated carbocycles. The molecule has 1 fully saturated rings. The molecule has 1 aliphatic carbocycles. The van der Waals surface area contributed by atoms with Crippen molar-refractivity contribution in [2.24, 2.45) is 5.73 Å².